The van der Waals surface area contributed by atoms with E-state index in [0.717, 1.165) is 0 Å². The molecule has 0 spiro atoms. The number of aromatic carboxylic acids is 1. The fourth-order valence-electron chi connectivity index (χ4n) is 0.965. The van der Waals surface area contributed by atoms with Crippen LogP contribution in [-0.4, -0.2) is 27.5 Å². The van der Waals surface area contributed by atoms with E-state index in [1.54, 1.807) is 0 Å². The Morgan fingerprint density at radius 2 is 2.54 bits per heavy atom. The average Bonchev–Trinajstić information content (AvgIpc) is 2.52. The fourth-order valence-corrected chi connectivity index (χ4v) is 0.965. The monoisotopic (exact) mass is 184 g/mol. The van der Waals surface area contributed by atoms with Crippen LogP contribution in [0.15, 0.2) is 12.4 Å². The second kappa shape index (κ2) is 4.04. The summed E-state index contributed by atoms with van der Waals surface area (Å²) in [6, 6.07) is 0. The lowest BCUT2D eigenvalue weighted by molar-refractivity contribution is 0.0159. The maximum absolute atomic E-state index is 10.5. The van der Waals surface area contributed by atoms with Gasteiger partial charge in [0.25, 0.3) is 0 Å². The van der Waals surface area contributed by atoms with E-state index in [-0.39, 0.29) is 11.8 Å². The summed E-state index contributed by atoms with van der Waals surface area (Å²) in [5, 5.41) is 12.5. The Morgan fingerprint density at radius 3 is 3.00 bits per heavy atom. The molecule has 0 saturated carbocycles. The van der Waals surface area contributed by atoms with Gasteiger partial charge in [0.1, 0.15) is 6.23 Å². The van der Waals surface area contributed by atoms with Crippen molar-refractivity contribution in [2.75, 3.05) is 6.61 Å². The maximum atomic E-state index is 10.5. The Hall–Kier alpha value is -1.36. The normalized spacial score (nSPS) is 12.8. The van der Waals surface area contributed by atoms with Crippen LogP contribution in [0.25, 0.3) is 0 Å². The number of carboxylic acid groups (broad SMARTS) is 1. The number of rotatable bonds is 4. The number of carboxylic acids is 1. The molecule has 1 aromatic rings. The minimum Gasteiger partial charge on any atom is -0.478 e. The fraction of sp³-hybridized carbons (Fsp3) is 0.500. The minimum atomic E-state index is -0.977. The van der Waals surface area contributed by atoms with E-state index in [1.807, 2.05) is 13.8 Å². The van der Waals surface area contributed by atoms with Gasteiger partial charge < -0.3 is 9.84 Å². The molecule has 0 unspecified atom stereocenters. The Labute approximate surface area is 75.9 Å². The van der Waals surface area contributed by atoms with E-state index in [9.17, 15) is 4.79 Å². The van der Waals surface area contributed by atoms with Crippen molar-refractivity contribution in [2.24, 2.45) is 0 Å². The number of hydrogen-bond donors (Lipinski definition) is 1. The molecule has 0 aliphatic heterocycles. The predicted octanol–water partition coefficient (Wildman–Crippen LogP) is 1.14. The Balaban J connectivity index is 2.73. The van der Waals surface area contributed by atoms with Gasteiger partial charge in [0.15, 0.2) is 0 Å². The summed E-state index contributed by atoms with van der Waals surface area (Å²) in [7, 11) is 0. The number of nitrogens with zero attached hydrogens (tertiary/aromatic N) is 2. The van der Waals surface area contributed by atoms with Crippen molar-refractivity contribution in [3.8, 4) is 0 Å². The van der Waals surface area contributed by atoms with Crippen LogP contribution in [0, 0.1) is 0 Å². The van der Waals surface area contributed by atoms with Crippen molar-refractivity contribution < 1.29 is 14.6 Å². The first-order valence-corrected chi connectivity index (χ1v) is 4.04. The van der Waals surface area contributed by atoms with Gasteiger partial charge in [-0.05, 0) is 13.8 Å². The summed E-state index contributed by atoms with van der Waals surface area (Å²) in [5.74, 6) is -0.977. The average molecular weight is 184 g/mol. The van der Waals surface area contributed by atoms with Gasteiger partial charge in [0.2, 0.25) is 0 Å². The Bertz CT molecular complexity index is 295. The zero-order valence-corrected chi connectivity index (χ0v) is 7.60. The van der Waals surface area contributed by atoms with E-state index in [1.165, 1.54) is 17.1 Å². The number of carbonyl (C=O) groups is 1. The molecule has 1 rings (SSSR count). The van der Waals surface area contributed by atoms with E-state index in [4.69, 9.17) is 9.84 Å². The molecule has 13 heavy (non-hydrogen) atoms. The molecule has 1 aromatic heterocycles. The van der Waals surface area contributed by atoms with E-state index < -0.39 is 5.97 Å². The van der Waals surface area contributed by atoms with Crippen molar-refractivity contribution >= 4 is 5.97 Å². The molecular weight excluding hydrogens is 172 g/mol. The number of hydrogen-bond acceptors (Lipinski definition) is 3. The van der Waals surface area contributed by atoms with Crippen molar-refractivity contribution in [1.29, 1.82) is 0 Å². The summed E-state index contributed by atoms with van der Waals surface area (Å²) in [6.07, 6.45) is 2.53. The summed E-state index contributed by atoms with van der Waals surface area (Å²) >= 11 is 0. The van der Waals surface area contributed by atoms with E-state index in [2.05, 4.69) is 5.10 Å². The number of ether oxygens (including phenoxy) is 1. The first kappa shape index (κ1) is 9.73. The van der Waals surface area contributed by atoms with Gasteiger partial charge in [-0.25, -0.2) is 9.48 Å². The smallest absolute Gasteiger partial charge is 0.338 e. The second-order valence-electron chi connectivity index (χ2n) is 2.57. The summed E-state index contributed by atoms with van der Waals surface area (Å²) in [5.41, 5.74) is 0.173. The molecule has 0 bridgehead atoms. The van der Waals surface area contributed by atoms with Gasteiger partial charge in [0, 0.05) is 12.8 Å². The molecule has 0 aromatic carbocycles. The summed E-state index contributed by atoms with van der Waals surface area (Å²) < 4.78 is 6.71. The van der Waals surface area contributed by atoms with Gasteiger partial charge in [-0.2, -0.15) is 5.10 Å². The zero-order valence-electron chi connectivity index (χ0n) is 7.60. The molecule has 0 fully saturated rings. The van der Waals surface area contributed by atoms with Crippen LogP contribution in [0.3, 0.4) is 0 Å². The summed E-state index contributed by atoms with van der Waals surface area (Å²) in [4.78, 5) is 10.5. The highest BCUT2D eigenvalue weighted by molar-refractivity contribution is 5.86. The molecule has 0 amide bonds. The van der Waals surface area contributed by atoms with Gasteiger partial charge in [-0.3, -0.25) is 0 Å². The molecule has 1 atom stereocenters. The largest absolute Gasteiger partial charge is 0.478 e. The molecule has 1 heterocycles. The lowest BCUT2D eigenvalue weighted by Crippen LogP contribution is -2.09. The third kappa shape index (κ3) is 2.29. The molecule has 0 saturated heterocycles. The first-order valence-electron chi connectivity index (χ1n) is 4.04. The molecule has 5 nitrogen and oxygen atoms in total. The van der Waals surface area contributed by atoms with Crippen molar-refractivity contribution in [1.82, 2.24) is 9.78 Å². The molecule has 0 aliphatic carbocycles. The van der Waals surface area contributed by atoms with Crippen molar-refractivity contribution in [2.45, 2.75) is 20.1 Å². The topological polar surface area (TPSA) is 64.3 Å². The standard InChI is InChI=1S/C8H12N2O3/c1-3-13-6(2)10-5-7(4-9-10)8(11)12/h4-6H,3H2,1-2H3,(H,11,12)/t6-/m0/s1. The van der Waals surface area contributed by atoms with Crippen LogP contribution in [0.2, 0.25) is 0 Å². The third-order valence-corrected chi connectivity index (χ3v) is 1.63. The number of aromatic nitrogens is 2. The van der Waals surface area contributed by atoms with Gasteiger partial charge >= 0.3 is 5.97 Å². The quantitative estimate of drug-likeness (QED) is 0.762. The van der Waals surface area contributed by atoms with Crippen LogP contribution in [0.4, 0.5) is 0 Å². The minimum absolute atomic E-state index is 0.173. The predicted molar refractivity (Wildman–Crippen MR) is 45.5 cm³/mol. The lowest BCUT2D eigenvalue weighted by Gasteiger charge is -2.10. The molecule has 0 radical (unpaired) electrons. The Morgan fingerprint density at radius 1 is 1.85 bits per heavy atom. The van der Waals surface area contributed by atoms with Gasteiger partial charge in [0.05, 0.1) is 11.8 Å². The van der Waals surface area contributed by atoms with Crippen molar-refractivity contribution in [3.05, 3.63) is 18.0 Å². The Kier molecular flexibility index (Phi) is 3.02. The van der Waals surface area contributed by atoms with Gasteiger partial charge in [-0.15, -0.1) is 0 Å². The summed E-state index contributed by atoms with van der Waals surface area (Å²) in [6.45, 7) is 4.25. The highest BCUT2D eigenvalue weighted by atomic mass is 16.5. The van der Waals surface area contributed by atoms with Crippen molar-refractivity contribution in [3.63, 3.8) is 0 Å². The highest BCUT2D eigenvalue weighted by Gasteiger charge is 2.09. The molecular formula is C8H12N2O3. The lowest BCUT2D eigenvalue weighted by atomic mass is 10.4. The van der Waals surface area contributed by atoms with Crippen LogP contribution in [0.5, 0.6) is 0 Å². The maximum Gasteiger partial charge on any atom is 0.338 e. The first-order chi connectivity index (χ1) is 6.15. The van der Waals surface area contributed by atoms with Crippen LogP contribution >= 0.6 is 0 Å². The van der Waals surface area contributed by atoms with Crippen LogP contribution < -0.4 is 0 Å². The SMILES string of the molecule is CCO[C@@H](C)n1cc(C(=O)O)cn1. The van der Waals surface area contributed by atoms with Crippen LogP contribution in [0.1, 0.15) is 30.4 Å². The zero-order chi connectivity index (χ0) is 9.84. The van der Waals surface area contributed by atoms with Crippen LogP contribution in [-0.2, 0) is 4.74 Å². The molecule has 5 heteroatoms. The molecule has 1 N–H and O–H groups in total. The highest BCUT2D eigenvalue weighted by Crippen LogP contribution is 2.07. The van der Waals surface area contributed by atoms with E-state index in [0.29, 0.717) is 6.61 Å². The molecule has 72 valence electrons. The van der Waals surface area contributed by atoms with Gasteiger partial charge in [-0.1, -0.05) is 0 Å². The molecule has 0 aliphatic rings. The second-order valence-corrected chi connectivity index (χ2v) is 2.57. The third-order valence-electron chi connectivity index (χ3n) is 1.63. The van der Waals surface area contributed by atoms with E-state index >= 15 is 0 Å².